The molecule has 0 amide bonds. The lowest BCUT2D eigenvalue weighted by Gasteiger charge is -2.31. The fraction of sp³-hybridized carbons (Fsp3) is 0.400. The van der Waals surface area contributed by atoms with Crippen LogP contribution < -0.4 is 4.44 Å². The molecule has 0 saturated heterocycles. The van der Waals surface area contributed by atoms with E-state index in [9.17, 15) is 18.9 Å². The number of rotatable bonds is 7. The van der Waals surface area contributed by atoms with Crippen LogP contribution >= 0.6 is 27.1 Å². The Labute approximate surface area is 122 Å². The largest absolute Gasteiger partial charge is 0.444 e. The zero-order valence-electron chi connectivity index (χ0n) is 11.0. The van der Waals surface area contributed by atoms with Gasteiger partial charge < -0.3 is 9.79 Å². The molecule has 0 bridgehead atoms. The van der Waals surface area contributed by atoms with Gasteiger partial charge in [-0.15, -0.1) is 0 Å². The maximum atomic E-state index is 12.6. The molecule has 1 rings (SSSR count). The Bertz CT molecular complexity index is 521. The lowest BCUT2D eigenvalue weighted by Crippen LogP contribution is -2.19. The van der Waals surface area contributed by atoms with E-state index in [0.29, 0.717) is 9.46 Å². The first kappa shape index (κ1) is 17.7. The van der Waals surface area contributed by atoms with Crippen LogP contribution in [-0.4, -0.2) is 23.0 Å². The number of hydrogen-bond donors (Lipinski definition) is 2. The topological polar surface area (TPSA) is 96.3 Å². The van der Waals surface area contributed by atoms with E-state index in [1.807, 2.05) is 0 Å². The molecule has 114 valence electrons. The van der Waals surface area contributed by atoms with Gasteiger partial charge in [-0.2, -0.15) is 4.44 Å². The summed E-state index contributed by atoms with van der Waals surface area (Å²) < 4.78 is 34.6. The minimum atomic E-state index is -4.92. The van der Waals surface area contributed by atoms with Crippen molar-refractivity contribution in [2.24, 2.45) is 0 Å². The summed E-state index contributed by atoms with van der Waals surface area (Å²) in [6.07, 6.45) is 0. The Morgan fingerprint density at radius 3 is 1.90 bits per heavy atom. The van der Waals surface area contributed by atoms with Gasteiger partial charge in [0.1, 0.15) is 0 Å². The summed E-state index contributed by atoms with van der Waals surface area (Å²) in [5, 5.41) is 0.377. The summed E-state index contributed by atoms with van der Waals surface area (Å²) in [4.78, 5) is 18.9. The first-order chi connectivity index (χ1) is 9.24. The number of anilines is 1. The van der Waals surface area contributed by atoms with Crippen LogP contribution in [0.3, 0.4) is 0 Å². The van der Waals surface area contributed by atoms with Crippen molar-refractivity contribution in [1.82, 2.24) is 0 Å². The fourth-order valence-corrected chi connectivity index (χ4v) is 4.86. The summed E-state index contributed by atoms with van der Waals surface area (Å²) >= 11 is 5.72. The minimum Gasteiger partial charge on any atom is -0.308 e. The molecule has 0 fully saturated rings. The molecule has 1 aromatic carbocycles. The summed E-state index contributed by atoms with van der Waals surface area (Å²) in [6.45, 7) is 3.04. The lowest BCUT2D eigenvalue weighted by molar-refractivity contribution is 0.219. The van der Waals surface area contributed by atoms with Crippen molar-refractivity contribution in [3.05, 3.63) is 29.3 Å². The predicted octanol–water partition coefficient (Wildman–Crippen LogP) is 3.42. The molecule has 0 unspecified atom stereocenters. The Morgan fingerprint density at radius 1 is 1.10 bits per heavy atom. The highest BCUT2D eigenvalue weighted by molar-refractivity contribution is 7.73. The molecule has 7 nitrogen and oxygen atoms in total. The van der Waals surface area contributed by atoms with Crippen LogP contribution in [0.4, 0.5) is 5.69 Å². The highest BCUT2D eigenvalue weighted by Gasteiger charge is 2.44. The van der Waals surface area contributed by atoms with Crippen LogP contribution in [0, 0.1) is 0 Å². The van der Waals surface area contributed by atoms with Gasteiger partial charge in [0.05, 0.1) is 18.9 Å². The van der Waals surface area contributed by atoms with E-state index in [2.05, 4.69) is 0 Å². The molecule has 20 heavy (non-hydrogen) atoms. The van der Waals surface area contributed by atoms with Gasteiger partial charge in [-0.3, -0.25) is 9.05 Å². The van der Waals surface area contributed by atoms with Crippen LogP contribution in [0.1, 0.15) is 13.8 Å². The third-order valence-electron chi connectivity index (χ3n) is 2.12. The molecule has 10 heteroatoms. The van der Waals surface area contributed by atoms with Crippen LogP contribution in [0.25, 0.3) is 0 Å². The van der Waals surface area contributed by atoms with Crippen LogP contribution in [-0.2, 0) is 18.2 Å². The zero-order chi connectivity index (χ0) is 15.4. The maximum Gasteiger partial charge on any atom is 0.444 e. The fourth-order valence-electron chi connectivity index (χ4n) is 1.48. The molecule has 0 heterocycles. The van der Waals surface area contributed by atoms with E-state index < -0.39 is 15.5 Å². The van der Waals surface area contributed by atoms with Crippen molar-refractivity contribution in [1.29, 1.82) is 0 Å². The van der Waals surface area contributed by atoms with Crippen molar-refractivity contribution >= 4 is 32.8 Å². The summed E-state index contributed by atoms with van der Waals surface area (Å²) in [7, 11) is -9.08. The number of benzene rings is 1. The van der Waals surface area contributed by atoms with Gasteiger partial charge in [0.15, 0.2) is 0 Å². The van der Waals surface area contributed by atoms with Gasteiger partial charge in [0.2, 0.25) is 0 Å². The molecule has 0 saturated carbocycles. The monoisotopic (exact) mass is 343 g/mol. The maximum absolute atomic E-state index is 12.6. The molecule has 0 spiro atoms. The Morgan fingerprint density at radius 2 is 1.55 bits per heavy atom. The van der Waals surface area contributed by atoms with E-state index in [-0.39, 0.29) is 18.9 Å². The second kappa shape index (κ2) is 7.05. The zero-order valence-corrected chi connectivity index (χ0v) is 13.5. The first-order valence-electron chi connectivity index (χ1n) is 5.76. The summed E-state index contributed by atoms with van der Waals surface area (Å²) in [5.41, 5.74) is -0.00651. The average molecular weight is 344 g/mol. The van der Waals surface area contributed by atoms with Gasteiger partial charge >= 0.3 is 15.5 Å². The third-order valence-corrected chi connectivity index (χ3v) is 6.32. The molecule has 0 radical (unpaired) electrons. The SMILES string of the molecule is CCOP(=O)(OCC)N(c1ccc(Cl)cc1)P(=O)(O)O. The number of nitrogens with zero attached hydrogens (tertiary/aromatic N) is 1. The molecule has 2 N–H and O–H groups in total. The molecular weight excluding hydrogens is 328 g/mol. The second-order valence-corrected chi connectivity index (χ2v) is 7.62. The van der Waals surface area contributed by atoms with E-state index in [4.69, 9.17) is 20.6 Å². The van der Waals surface area contributed by atoms with Gasteiger partial charge in [-0.25, -0.2) is 9.13 Å². The van der Waals surface area contributed by atoms with Crippen molar-refractivity contribution in [3.63, 3.8) is 0 Å². The van der Waals surface area contributed by atoms with Gasteiger partial charge in [0, 0.05) is 5.02 Å². The highest BCUT2D eigenvalue weighted by Crippen LogP contribution is 2.65. The summed E-state index contributed by atoms with van der Waals surface area (Å²) in [6, 6.07) is 5.49. The van der Waals surface area contributed by atoms with Crippen LogP contribution in [0.5, 0.6) is 0 Å². The Hall–Kier alpha value is -0.390. The normalized spacial score (nSPS) is 12.4. The van der Waals surface area contributed by atoms with E-state index in [0.717, 1.165) is 0 Å². The van der Waals surface area contributed by atoms with Crippen molar-refractivity contribution in [3.8, 4) is 0 Å². The second-order valence-electron chi connectivity index (χ2n) is 3.58. The molecular formula is C10H16ClNO6P2. The first-order valence-corrected chi connectivity index (χ1v) is 9.19. The van der Waals surface area contributed by atoms with E-state index in [1.165, 1.54) is 24.3 Å². The number of halogens is 1. The molecule has 1 aromatic rings. The van der Waals surface area contributed by atoms with E-state index in [1.54, 1.807) is 13.8 Å². The van der Waals surface area contributed by atoms with Gasteiger partial charge in [0.25, 0.3) is 0 Å². The molecule has 0 aliphatic rings. The predicted molar refractivity (Wildman–Crippen MR) is 76.8 cm³/mol. The van der Waals surface area contributed by atoms with Crippen LogP contribution in [0.15, 0.2) is 24.3 Å². The van der Waals surface area contributed by atoms with Gasteiger partial charge in [-0.1, -0.05) is 11.6 Å². The minimum absolute atomic E-state index is 0.00651. The number of hydrogen-bond acceptors (Lipinski definition) is 4. The Balaban J connectivity index is 3.34. The molecule has 0 aromatic heterocycles. The third kappa shape index (κ3) is 4.30. The Kier molecular flexibility index (Phi) is 6.23. The molecule has 0 aliphatic carbocycles. The average Bonchev–Trinajstić information content (AvgIpc) is 2.30. The highest BCUT2D eigenvalue weighted by atomic mass is 35.5. The van der Waals surface area contributed by atoms with Crippen molar-refractivity contribution in [2.45, 2.75) is 13.8 Å². The van der Waals surface area contributed by atoms with Crippen molar-refractivity contribution < 1.29 is 28.0 Å². The molecule has 0 atom stereocenters. The summed E-state index contributed by atoms with van der Waals surface area (Å²) in [5.74, 6) is 0. The van der Waals surface area contributed by atoms with Gasteiger partial charge in [-0.05, 0) is 38.1 Å². The standard InChI is InChI=1S/C10H16ClNO6P2/c1-3-17-20(16,18-4-2)12(19(13,14)15)10-7-5-9(11)6-8-10/h5-8H,3-4H2,1-2H3,(H2,13,14,15). The lowest BCUT2D eigenvalue weighted by atomic mass is 10.3. The molecule has 0 aliphatic heterocycles. The smallest absolute Gasteiger partial charge is 0.308 e. The van der Waals surface area contributed by atoms with E-state index >= 15 is 0 Å². The van der Waals surface area contributed by atoms with Crippen molar-refractivity contribution in [2.75, 3.05) is 17.7 Å². The quantitative estimate of drug-likeness (QED) is 0.732. The van der Waals surface area contributed by atoms with Crippen LogP contribution in [0.2, 0.25) is 5.02 Å².